The summed E-state index contributed by atoms with van der Waals surface area (Å²) < 4.78 is 28.1. The first-order valence-electron chi connectivity index (χ1n) is 7.90. The standard InChI is InChI=1S/C18H13NO/c1-12-6-9-16(19-11-12)13-7-8-15-14-4-2-3-5-17(14)20-18(15)10-13/h2-11H,1H3/i1D3. The molecule has 0 spiro atoms. The molecule has 0 radical (unpaired) electrons. The topological polar surface area (TPSA) is 26.0 Å². The Labute approximate surface area is 120 Å². The second-order valence-corrected chi connectivity index (χ2v) is 4.74. The summed E-state index contributed by atoms with van der Waals surface area (Å²) in [6.07, 6.45) is 1.41. The smallest absolute Gasteiger partial charge is 0.136 e. The third kappa shape index (κ3) is 1.69. The van der Waals surface area contributed by atoms with Gasteiger partial charge in [-0.3, -0.25) is 4.98 Å². The molecule has 96 valence electrons. The summed E-state index contributed by atoms with van der Waals surface area (Å²) >= 11 is 0. The van der Waals surface area contributed by atoms with Gasteiger partial charge in [0.2, 0.25) is 0 Å². The van der Waals surface area contributed by atoms with Crippen LogP contribution in [0.1, 0.15) is 9.68 Å². The highest BCUT2D eigenvalue weighted by molar-refractivity contribution is 6.05. The summed E-state index contributed by atoms with van der Waals surface area (Å²) in [6, 6.07) is 17.2. The Balaban J connectivity index is 1.81. The van der Waals surface area contributed by atoms with Crippen molar-refractivity contribution >= 4 is 21.9 Å². The maximum atomic E-state index is 7.40. The molecule has 0 aliphatic rings. The molecule has 4 rings (SSSR count). The van der Waals surface area contributed by atoms with Gasteiger partial charge in [-0.25, -0.2) is 0 Å². The molecule has 0 amide bonds. The van der Waals surface area contributed by atoms with Crippen LogP contribution in [0.15, 0.2) is 65.2 Å². The lowest BCUT2D eigenvalue weighted by Gasteiger charge is -2.01. The van der Waals surface area contributed by atoms with Crippen LogP contribution in [0.2, 0.25) is 0 Å². The zero-order chi connectivity index (χ0) is 16.0. The van der Waals surface area contributed by atoms with E-state index in [4.69, 9.17) is 8.53 Å². The average Bonchev–Trinajstić information content (AvgIpc) is 2.92. The third-order valence-corrected chi connectivity index (χ3v) is 3.44. The minimum absolute atomic E-state index is 0.242. The van der Waals surface area contributed by atoms with E-state index in [2.05, 4.69) is 4.98 Å². The number of nitrogens with zero attached hydrogens (tertiary/aromatic N) is 1. The number of hydrogen-bond donors (Lipinski definition) is 0. The largest absolute Gasteiger partial charge is 0.456 e. The number of pyridine rings is 1. The molecule has 0 bridgehead atoms. The number of aryl methyl sites for hydroxylation is 1. The van der Waals surface area contributed by atoms with Gasteiger partial charge in [0.1, 0.15) is 11.2 Å². The van der Waals surface area contributed by atoms with E-state index in [1.54, 1.807) is 12.1 Å². The number of para-hydroxylation sites is 1. The monoisotopic (exact) mass is 262 g/mol. The zero-order valence-electron chi connectivity index (χ0n) is 13.6. The van der Waals surface area contributed by atoms with Crippen molar-refractivity contribution in [2.24, 2.45) is 0 Å². The Morgan fingerprint density at radius 2 is 1.85 bits per heavy atom. The lowest BCUT2D eigenvalue weighted by atomic mass is 10.1. The van der Waals surface area contributed by atoms with Crippen molar-refractivity contribution in [2.75, 3.05) is 0 Å². The molecule has 0 aliphatic carbocycles. The molecule has 2 aromatic heterocycles. The van der Waals surface area contributed by atoms with E-state index in [9.17, 15) is 0 Å². The van der Waals surface area contributed by atoms with E-state index in [1.807, 2.05) is 42.5 Å². The lowest BCUT2D eigenvalue weighted by molar-refractivity contribution is 0.669. The van der Waals surface area contributed by atoms with E-state index in [-0.39, 0.29) is 5.56 Å². The Kier molecular flexibility index (Phi) is 1.79. The normalized spacial score (nSPS) is 14.1. The summed E-state index contributed by atoms with van der Waals surface area (Å²) in [5.74, 6) is 0. The molecule has 0 fully saturated rings. The second kappa shape index (κ2) is 4.20. The van der Waals surface area contributed by atoms with Gasteiger partial charge in [0, 0.05) is 26.6 Å². The third-order valence-electron chi connectivity index (χ3n) is 3.44. The molecule has 0 saturated carbocycles. The van der Waals surface area contributed by atoms with Crippen LogP contribution >= 0.6 is 0 Å². The second-order valence-electron chi connectivity index (χ2n) is 4.74. The predicted octanol–water partition coefficient (Wildman–Crippen LogP) is 4.96. The molecule has 2 nitrogen and oxygen atoms in total. The maximum absolute atomic E-state index is 7.40. The van der Waals surface area contributed by atoms with Crippen molar-refractivity contribution < 1.29 is 8.53 Å². The maximum Gasteiger partial charge on any atom is 0.136 e. The van der Waals surface area contributed by atoms with Crippen molar-refractivity contribution in [3.05, 3.63) is 66.4 Å². The van der Waals surface area contributed by atoms with Gasteiger partial charge in [0.25, 0.3) is 0 Å². The quantitative estimate of drug-likeness (QED) is 0.484. The van der Waals surface area contributed by atoms with Crippen LogP contribution in [-0.4, -0.2) is 4.98 Å². The van der Waals surface area contributed by atoms with Gasteiger partial charge in [-0.2, -0.15) is 0 Å². The summed E-state index contributed by atoms with van der Waals surface area (Å²) in [5, 5.41) is 2.14. The fourth-order valence-electron chi connectivity index (χ4n) is 2.45. The SMILES string of the molecule is [2H]C([2H])([2H])c1ccc(-c2ccc3c(c2)oc2ccccc23)nc1. The van der Waals surface area contributed by atoms with Crippen LogP contribution in [0.5, 0.6) is 0 Å². The number of fused-ring (bicyclic) bond motifs is 3. The van der Waals surface area contributed by atoms with E-state index in [0.717, 1.165) is 33.2 Å². The van der Waals surface area contributed by atoms with Crippen LogP contribution in [0.25, 0.3) is 33.2 Å². The van der Waals surface area contributed by atoms with Crippen LogP contribution in [0.4, 0.5) is 0 Å². The molecule has 20 heavy (non-hydrogen) atoms. The number of rotatable bonds is 1. The summed E-state index contributed by atoms with van der Waals surface area (Å²) in [5.41, 5.74) is 3.51. The molecular formula is C18H13NO. The van der Waals surface area contributed by atoms with Gasteiger partial charge in [0.05, 0.1) is 5.69 Å². The molecule has 0 unspecified atom stereocenters. The van der Waals surface area contributed by atoms with Gasteiger partial charge in [0.15, 0.2) is 0 Å². The van der Waals surface area contributed by atoms with Crippen LogP contribution < -0.4 is 0 Å². The Hall–Kier alpha value is -2.61. The minimum atomic E-state index is -2.13. The van der Waals surface area contributed by atoms with Gasteiger partial charge in [-0.05, 0) is 36.7 Å². The van der Waals surface area contributed by atoms with Crippen LogP contribution in [0.3, 0.4) is 0 Å². The molecular weight excluding hydrogens is 246 g/mol. The number of hydrogen-bond acceptors (Lipinski definition) is 2. The first kappa shape index (κ1) is 8.54. The van der Waals surface area contributed by atoms with Crippen molar-refractivity contribution in [3.63, 3.8) is 0 Å². The molecule has 0 N–H and O–H groups in total. The van der Waals surface area contributed by atoms with Crippen LogP contribution in [-0.2, 0) is 0 Å². The highest BCUT2D eigenvalue weighted by Gasteiger charge is 2.08. The lowest BCUT2D eigenvalue weighted by Crippen LogP contribution is -1.83. The number of aromatic nitrogens is 1. The van der Waals surface area contributed by atoms with E-state index in [1.165, 1.54) is 6.20 Å². The first-order valence-corrected chi connectivity index (χ1v) is 6.40. The first-order chi connectivity index (χ1) is 11.0. The van der Waals surface area contributed by atoms with Crippen molar-refractivity contribution in [2.45, 2.75) is 6.85 Å². The number of benzene rings is 2. The minimum Gasteiger partial charge on any atom is -0.456 e. The Morgan fingerprint density at radius 1 is 0.950 bits per heavy atom. The average molecular weight is 262 g/mol. The molecule has 0 aliphatic heterocycles. The fraction of sp³-hybridized carbons (Fsp3) is 0.0556. The molecule has 0 atom stereocenters. The summed E-state index contributed by atoms with van der Waals surface area (Å²) in [6.45, 7) is -2.13. The molecule has 2 aromatic carbocycles. The highest BCUT2D eigenvalue weighted by Crippen LogP contribution is 2.31. The van der Waals surface area contributed by atoms with Gasteiger partial charge >= 0.3 is 0 Å². The summed E-state index contributed by atoms with van der Waals surface area (Å²) in [4.78, 5) is 4.27. The van der Waals surface area contributed by atoms with Crippen molar-refractivity contribution in [3.8, 4) is 11.3 Å². The van der Waals surface area contributed by atoms with E-state index >= 15 is 0 Å². The fourth-order valence-corrected chi connectivity index (χ4v) is 2.45. The van der Waals surface area contributed by atoms with E-state index in [0.29, 0.717) is 0 Å². The zero-order valence-corrected chi connectivity index (χ0v) is 10.6. The Morgan fingerprint density at radius 3 is 2.70 bits per heavy atom. The predicted molar refractivity (Wildman–Crippen MR) is 81.7 cm³/mol. The molecule has 0 saturated heterocycles. The van der Waals surface area contributed by atoms with Crippen molar-refractivity contribution in [1.82, 2.24) is 4.98 Å². The molecule has 2 heteroatoms. The van der Waals surface area contributed by atoms with Gasteiger partial charge in [-0.1, -0.05) is 30.3 Å². The number of furan rings is 1. The van der Waals surface area contributed by atoms with Crippen molar-refractivity contribution in [1.29, 1.82) is 0 Å². The Bertz CT molecular complexity index is 1000. The molecule has 2 heterocycles. The van der Waals surface area contributed by atoms with Gasteiger partial charge in [-0.15, -0.1) is 0 Å². The van der Waals surface area contributed by atoms with Crippen LogP contribution in [0, 0.1) is 6.85 Å². The van der Waals surface area contributed by atoms with Gasteiger partial charge < -0.3 is 4.42 Å². The van der Waals surface area contributed by atoms with E-state index < -0.39 is 6.85 Å². The molecule has 4 aromatic rings. The highest BCUT2D eigenvalue weighted by atomic mass is 16.3. The summed E-state index contributed by atoms with van der Waals surface area (Å²) in [7, 11) is 0.